The molecule has 44 heavy (non-hydrogen) atoms. The molecular weight excluding hydrogens is 612 g/mol. The Hall–Kier alpha value is -5.05. The molecule has 224 valence electrons. The highest BCUT2D eigenvalue weighted by Gasteiger charge is 2.39. The van der Waals surface area contributed by atoms with E-state index in [2.05, 4.69) is 20.0 Å². The molecule has 8 nitrogen and oxygen atoms in total. The van der Waals surface area contributed by atoms with E-state index >= 15 is 0 Å². The zero-order valence-electron chi connectivity index (χ0n) is 22.0. The number of para-hydroxylation sites is 1. The fourth-order valence-electron chi connectivity index (χ4n) is 4.73. The van der Waals surface area contributed by atoms with Crippen LogP contribution in [0.3, 0.4) is 0 Å². The van der Waals surface area contributed by atoms with Crippen molar-refractivity contribution in [1.29, 1.82) is 0 Å². The molecule has 0 radical (unpaired) electrons. The largest absolute Gasteiger partial charge is 0.573 e. The summed E-state index contributed by atoms with van der Waals surface area (Å²) < 4.78 is 83.8. The Labute approximate surface area is 247 Å². The first-order valence-electron chi connectivity index (χ1n) is 12.6. The fraction of sp³-hybridized carbons (Fsp3) is 0.103. The standard InChI is InChI=1S/C29H17F6N5O3S/c30-28(31,32)21-3-1-2-4-22(21)40-24(41)14-44-27(40)38-26(42)37-17-6-11-20-16(13-17)5-12-23-25(20)36-15-39(23)18-7-9-19(10-8-18)43-29(33,34)35/h1-13,15H,14H2,(H,37,42). The van der Waals surface area contributed by atoms with Gasteiger partial charge in [0.2, 0.25) is 5.91 Å². The van der Waals surface area contributed by atoms with Crippen molar-refractivity contribution >= 4 is 62.0 Å². The van der Waals surface area contributed by atoms with Crippen molar-refractivity contribution in [2.24, 2.45) is 4.99 Å². The van der Waals surface area contributed by atoms with Gasteiger partial charge in [0, 0.05) is 16.8 Å². The van der Waals surface area contributed by atoms with Crippen LogP contribution in [-0.2, 0) is 11.0 Å². The normalized spacial score (nSPS) is 15.0. The average Bonchev–Trinajstić information content (AvgIpc) is 3.55. The summed E-state index contributed by atoms with van der Waals surface area (Å²) in [5.74, 6) is -1.17. The van der Waals surface area contributed by atoms with E-state index in [0.29, 0.717) is 27.8 Å². The summed E-state index contributed by atoms with van der Waals surface area (Å²) in [7, 11) is 0. The molecule has 0 aliphatic carbocycles. The monoisotopic (exact) mass is 629 g/mol. The lowest BCUT2D eigenvalue weighted by molar-refractivity contribution is -0.274. The highest BCUT2D eigenvalue weighted by atomic mass is 32.2. The first-order chi connectivity index (χ1) is 20.9. The van der Waals surface area contributed by atoms with Crippen LogP contribution in [0, 0.1) is 0 Å². The second kappa shape index (κ2) is 10.9. The Balaban J connectivity index is 1.24. The fourth-order valence-corrected chi connectivity index (χ4v) is 5.59. The summed E-state index contributed by atoms with van der Waals surface area (Å²) in [6.45, 7) is 0. The maximum absolute atomic E-state index is 13.6. The topological polar surface area (TPSA) is 88.8 Å². The van der Waals surface area contributed by atoms with Crippen LogP contribution in [0.15, 0.2) is 90.2 Å². The van der Waals surface area contributed by atoms with Crippen LogP contribution in [0.4, 0.5) is 42.5 Å². The first kappa shape index (κ1) is 29.0. The Bertz CT molecular complexity index is 1950. The van der Waals surface area contributed by atoms with E-state index < -0.39 is 35.7 Å². The Morgan fingerprint density at radius 3 is 2.43 bits per heavy atom. The number of anilines is 2. The molecule has 2 heterocycles. The molecule has 1 fully saturated rings. The van der Waals surface area contributed by atoms with Crippen molar-refractivity contribution in [2.45, 2.75) is 12.5 Å². The predicted octanol–water partition coefficient (Wildman–Crippen LogP) is 7.76. The van der Waals surface area contributed by atoms with Gasteiger partial charge in [-0.3, -0.25) is 14.3 Å². The number of halogens is 6. The van der Waals surface area contributed by atoms with Gasteiger partial charge in [-0.05, 0) is 60.0 Å². The van der Waals surface area contributed by atoms with Crippen LogP contribution < -0.4 is 15.0 Å². The number of alkyl halides is 6. The highest BCUT2D eigenvalue weighted by Crippen LogP contribution is 2.39. The van der Waals surface area contributed by atoms with Crippen molar-refractivity contribution in [3.63, 3.8) is 0 Å². The maximum Gasteiger partial charge on any atom is 0.573 e. The lowest BCUT2D eigenvalue weighted by Crippen LogP contribution is -2.32. The van der Waals surface area contributed by atoms with Gasteiger partial charge in [-0.15, -0.1) is 13.2 Å². The van der Waals surface area contributed by atoms with E-state index in [0.717, 1.165) is 34.2 Å². The van der Waals surface area contributed by atoms with Crippen molar-refractivity contribution < 1.29 is 40.7 Å². The summed E-state index contributed by atoms with van der Waals surface area (Å²) in [6.07, 6.45) is -8.00. The van der Waals surface area contributed by atoms with Gasteiger partial charge in [-0.2, -0.15) is 18.2 Å². The number of thioether (sulfide) groups is 1. The number of nitrogens with zero attached hydrogens (tertiary/aromatic N) is 4. The van der Waals surface area contributed by atoms with Crippen molar-refractivity contribution in [1.82, 2.24) is 9.55 Å². The Morgan fingerprint density at radius 2 is 1.70 bits per heavy atom. The molecule has 1 N–H and O–H groups in total. The predicted molar refractivity (Wildman–Crippen MR) is 153 cm³/mol. The number of nitrogens with one attached hydrogen (secondary N) is 1. The Morgan fingerprint density at radius 1 is 0.955 bits per heavy atom. The molecule has 1 aliphatic rings. The number of rotatable bonds is 4. The molecule has 1 aliphatic heterocycles. The van der Waals surface area contributed by atoms with Crippen LogP contribution in [-0.4, -0.2) is 38.8 Å². The van der Waals surface area contributed by atoms with Crippen LogP contribution in [0.5, 0.6) is 5.75 Å². The minimum absolute atomic E-state index is 0.178. The maximum atomic E-state index is 13.6. The number of urea groups is 1. The molecule has 0 unspecified atom stereocenters. The minimum Gasteiger partial charge on any atom is -0.406 e. The number of ether oxygens (including phenoxy) is 1. The van der Waals surface area contributed by atoms with Crippen LogP contribution >= 0.6 is 11.8 Å². The van der Waals surface area contributed by atoms with Crippen LogP contribution in [0.1, 0.15) is 5.56 Å². The quantitative estimate of drug-likeness (QED) is 0.205. The lowest BCUT2D eigenvalue weighted by Gasteiger charge is -2.20. The number of carbonyl (C=O) groups is 2. The van der Waals surface area contributed by atoms with E-state index in [4.69, 9.17) is 0 Å². The molecule has 4 aromatic carbocycles. The van der Waals surface area contributed by atoms with Crippen LogP contribution in [0.25, 0.3) is 27.5 Å². The zero-order chi connectivity index (χ0) is 31.2. The second-order valence-electron chi connectivity index (χ2n) is 9.38. The molecule has 5 aromatic rings. The highest BCUT2D eigenvalue weighted by molar-refractivity contribution is 8.15. The van der Waals surface area contributed by atoms with Gasteiger partial charge in [0.15, 0.2) is 5.17 Å². The molecule has 1 saturated heterocycles. The molecule has 0 spiro atoms. The third-order valence-electron chi connectivity index (χ3n) is 6.54. The number of benzene rings is 4. The Kier molecular flexibility index (Phi) is 7.19. The van der Waals surface area contributed by atoms with Gasteiger partial charge >= 0.3 is 18.6 Å². The van der Waals surface area contributed by atoms with Crippen molar-refractivity contribution in [3.8, 4) is 11.4 Å². The summed E-state index contributed by atoms with van der Waals surface area (Å²) in [6, 6.07) is 17.5. The van der Waals surface area contributed by atoms with E-state index in [1.807, 2.05) is 0 Å². The number of amidine groups is 1. The van der Waals surface area contributed by atoms with Gasteiger partial charge in [0.25, 0.3) is 0 Å². The van der Waals surface area contributed by atoms with Gasteiger partial charge in [-0.1, -0.05) is 36.0 Å². The summed E-state index contributed by atoms with van der Waals surface area (Å²) in [5.41, 5.74) is 0.714. The molecule has 0 bridgehead atoms. The first-order valence-corrected chi connectivity index (χ1v) is 13.6. The van der Waals surface area contributed by atoms with Crippen molar-refractivity contribution in [3.05, 3.63) is 90.8 Å². The molecule has 0 saturated carbocycles. The molecule has 15 heteroatoms. The summed E-state index contributed by atoms with van der Waals surface area (Å²) in [5, 5.41) is 3.80. The SMILES string of the molecule is O=C(N=C1SCC(=O)N1c1ccccc1C(F)(F)F)Nc1ccc2c(ccc3c2ncn3-c2ccc(OC(F)(F)F)cc2)c1. The molecular formula is C29H17F6N5O3S. The number of hydrogen-bond acceptors (Lipinski definition) is 5. The average molecular weight is 630 g/mol. The molecule has 6 rings (SSSR count). The number of aromatic nitrogens is 2. The number of imidazole rings is 1. The molecule has 0 atom stereocenters. The van der Waals surface area contributed by atoms with Crippen LogP contribution in [0.2, 0.25) is 0 Å². The number of aliphatic imine (C=N–C) groups is 1. The summed E-state index contributed by atoms with van der Waals surface area (Å²) in [4.78, 5) is 34.4. The number of amides is 3. The van der Waals surface area contributed by atoms with Gasteiger partial charge in [0.1, 0.15) is 12.1 Å². The number of fused-ring (bicyclic) bond motifs is 3. The van der Waals surface area contributed by atoms with E-state index in [1.54, 1.807) is 34.9 Å². The van der Waals surface area contributed by atoms with Gasteiger partial charge in [0.05, 0.1) is 28.0 Å². The van der Waals surface area contributed by atoms with Gasteiger partial charge in [-0.25, -0.2) is 9.78 Å². The third-order valence-corrected chi connectivity index (χ3v) is 7.47. The zero-order valence-corrected chi connectivity index (χ0v) is 22.8. The number of carbonyl (C=O) groups excluding carboxylic acids is 2. The second-order valence-corrected chi connectivity index (χ2v) is 10.3. The smallest absolute Gasteiger partial charge is 0.406 e. The minimum atomic E-state index is -4.80. The molecule has 1 aromatic heterocycles. The van der Waals surface area contributed by atoms with E-state index in [1.165, 1.54) is 42.7 Å². The van der Waals surface area contributed by atoms with E-state index in [-0.39, 0.29) is 16.7 Å². The number of hydrogen-bond donors (Lipinski definition) is 1. The van der Waals surface area contributed by atoms with Gasteiger partial charge < -0.3 is 10.1 Å². The molecule has 3 amide bonds. The lowest BCUT2D eigenvalue weighted by atomic mass is 10.1. The van der Waals surface area contributed by atoms with Crippen molar-refractivity contribution in [2.75, 3.05) is 16.0 Å². The van der Waals surface area contributed by atoms with E-state index in [9.17, 15) is 35.9 Å². The third kappa shape index (κ3) is 5.77. The summed E-state index contributed by atoms with van der Waals surface area (Å²) >= 11 is 0.850.